The summed E-state index contributed by atoms with van der Waals surface area (Å²) in [7, 11) is 0. The molecule has 0 aliphatic carbocycles. The lowest BCUT2D eigenvalue weighted by Gasteiger charge is -2.07. The summed E-state index contributed by atoms with van der Waals surface area (Å²) in [6.07, 6.45) is 6.72. The number of rotatable bonds is 3. The van der Waals surface area contributed by atoms with Gasteiger partial charge in [-0.25, -0.2) is 4.98 Å². The first-order valence-electron chi connectivity index (χ1n) is 5.03. The standard InChI is InChI=1S/C12H12N2O2S/c1-3-9(4-2)10-5-6-11-13-7-12(17(15)16)14(11)8-10/h3-8H,1H2,2H3,(H,15,16)/p-1. The molecule has 2 rings (SSSR count). The molecule has 88 valence electrons. The van der Waals surface area contributed by atoms with Gasteiger partial charge in [-0.15, -0.1) is 0 Å². The summed E-state index contributed by atoms with van der Waals surface area (Å²) in [6.45, 7) is 5.62. The first-order chi connectivity index (χ1) is 8.17. The second-order valence-electron chi connectivity index (χ2n) is 3.43. The van der Waals surface area contributed by atoms with E-state index in [9.17, 15) is 8.76 Å². The number of hydrogen-bond donors (Lipinski definition) is 0. The number of allylic oxidation sites excluding steroid dienone is 3. The van der Waals surface area contributed by atoms with Crippen LogP contribution in [0.5, 0.6) is 0 Å². The maximum absolute atomic E-state index is 11.0. The quantitative estimate of drug-likeness (QED) is 0.617. The van der Waals surface area contributed by atoms with Gasteiger partial charge in [0.2, 0.25) is 0 Å². The molecule has 0 aliphatic rings. The summed E-state index contributed by atoms with van der Waals surface area (Å²) in [5, 5.41) is 0.154. The van der Waals surface area contributed by atoms with Gasteiger partial charge in [-0.2, -0.15) is 0 Å². The molecule has 2 heterocycles. The predicted molar refractivity (Wildman–Crippen MR) is 66.2 cm³/mol. The van der Waals surface area contributed by atoms with Crippen molar-refractivity contribution in [3.05, 3.63) is 48.8 Å². The van der Waals surface area contributed by atoms with Gasteiger partial charge < -0.3 is 4.55 Å². The highest BCUT2D eigenvalue weighted by Gasteiger charge is 2.05. The Kier molecular flexibility index (Phi) is 3.21. The molecule has 1 unspecified atom stereocenters. The van der Waals surface area contributed by atoms with Crippen LogP contribution in [0.15, 0.2) is 48.3 Å². The van der Waals surface area contributed by atoms with Crippen LogP contribution in [-0.4, -0.2) is 18.1 Å². The topological polar surface area (TPSA) is 57.4 Å². The Balaban J connectivity index is 2.67. The van der Waals surface area contributed by atoms with Gasteiger partial charge in [-0.05, 0) is 41.3 Å². The smallest absolute Gasteiger partial charge is 0.137 e. The predicted octanol–water partition coefficient (Wildman–Crippen LogP) is 2.16. The Labute approximate surface area is 102 Å². The zero-order chi connectivity index (χ0) is 12.4. The van der Waals surface area contributed by atoms with E-state index in [0.29, 0.717) is 5.65 Å². The van der Waals surface area contributed by atoms with Crippen molar-refractivity contribution in [2.45, 2.75) is 11.9 Å². The third kappa shape index (κ3) is 2.07. The molecule has 0 saturated carbocycles. The highest BCUT2D eigenvalue weighted by Crippen LogP contribution is 2.18. The molecule has 2 aromatic heterocycles. The van der Waals surface area contributed by atoms with E-state index in [-0.39, 0.29) is 5.03 Å². The largest absolute Gasteiger partial charge is 0.767 e. The second kappa shape index (κ2) is 4.65. The van der Waals surface area contributed by atoms with Crippen LogP contribution in [0, 0.1) is 0 Å². The zero-order valence-corrected chi connectivity index (χ0v) is 10.1. The molecule has 0 fully saturated rings. The fourth-order valence-corrected chi connectivity index (χ4v) is 2.10. The van der Waals surface area contributed by atoms with Crippen LogP contribution < -0.4 is 0 Å². The number of pyridine rings is 1. The fraction of sp³-hybridized carbons (Fsp3) is 0.0833. The Morgan fingerprint density at radius 3 is 2.94 bits per heavy atom. The third-order valence-corrected chi connectivity index (χ3v) is 3.15. The second-order valence-corrected chi connectivity index (χ2v) is 4.31. The summed E-state index contributed by atoms with van der Waals surface area (Å²) in [4.78, 5) is 4.02. The molecule has 4 nitrogen and oxygen atoms in total. The summed E-state index contributed by atoms with van der Waals surface area (Å²) in [5.41, 5.74) is 2.45. The molecule has 17 heavy (non-hydrogen) atoms. The van der Waals surface area contributed by atoms with Gasteiger partial charge in [0.1, 0.15) is 10.7 Å². The normalized spacial score (nSPS) is 13.9. The molecule has 0 bridgehead atoms. The van der Waals surface area contributed by atoms with Crippen LogP contribution in [0.4, 0.5) is 0 Å². The molecule has 0 amide bonds. The van der Waals surface area contributed by atoms with Crippen LogP contribution in [0.2, 0.25) is 0 Å². The van der Waals surface area contributed by atoms with E-state index in [1.165, 1.54) is 6.20 Å². The average Bonchev–Trinajstić information content (AvgIpc) is 2.73. The Hall–Kier alpha value is -1.72. The summed E-state index contributed by atoms with van der Waals surface area (Å²) >= 11 is -2.29. The Morgan fingerprint density at radius 2 is 2.35 bits per heavy atom. The lowest BCUT2D eigenvalue weighted by Crippen LogP contribution is -1.96. The monoisotopic (exact) mass is 247 g/mol. The van der Waals surface area contributed by atoms with E-state index in [1.54, 1.807) is 22.7 Å². The molecular formula is C12H11N2O2S-. The molecule has 5 heteroatoms. The zero-order valence-electron chi connectivity index (χ0n) is 9.29. The van der Waals surface area contributed by atoms with E-state index in [0.717, 1.165) is 11.1 Å². The highest BCUT2D eigenvalue weighted by atomic mass is 32.2. The van der Waals surface area contributed by atoms with Gasteiger partial charge >= 0.3 is 0 Å². The molecule has 0 aliphatic heterocycles. The molecule has 0 spiro atoms. The van der Waals surface area contributed by atoms with Gasteiger partial charge in [0.05, 0.1) is 6.20 Å². The van der Waals surface area contributed by atoms with Crippen molar-refractivity contribution in [2.24, 2.45) is 0 Å². The Morgan fingerprint density at radius 1 is 1.59 bits per heavy atom. The van der Waals surface area contributed by atoms with Crippen LogP contribution in [0.25, 0.3) is 11.2 Å². The van der Waals surface area contributed by atoms with Gasteiger partial charge in [-0.1, -0.05) is 18.7 Å². The van der Waals surface area contributed by atoms with Crippen molar-refractivity contribution >= 4 is 22.3 Å². The molecule has 1 atom stereocenters. The number of hydrogen-bond acceptors (Lipinski definition) is 3. The van der Waals surface area contributed by atoms with E-state index >= 15 is 0 Å². The van der Waals surface area contributed by atoms with Crippen molar-refractivity contribution in [2.75, 3.05) is 0 Å². The molecule has 0 N–H and O–H groups in total. The maximum Gasteiger partial charge on any atom is 0.137 e. The molecular weight excluding hydrogens is 236 g/mol. The van der Waals surface area contributed by atoms with Crippen molar-refractivity contribution < 1.29 is 8.76 Å². The Bertz CT molecular complexity index is 628. The minimum Gasteiger partial charge on any atom is -0.767 e. The number of nitrogens with zero attached hydrogens (tertiary/aromatic N) is 2. The highest BCUT2D eigenvalue weighted by molar-refractivity contribution is 7.79. The van der Waals surface area contributed by atoms with Gasteiger partial charge in [0.25, 0.3) is 0 Å². The van der Waals surface area contributed by atoms with Gasteiger partial charge in [-0.3, -0.25) is 8.61 Å². The number of aromatic nitrogens is 2. The van der Waals surface area contributed by atoms with Crippen molar-refractivity contribution in [1.29, 1.82) is 0 Å². The minimum atomic E-state index is -2.29. The first-order valence-corrected chi connectivity index (χ1v) is 6.10. The van der Waals surface area contributed by atoms with Crippen molar-refractivity contribution in [3.63, 3.8) is 0 Å². The lowest BCUT2D eigenvalue weighted by molar-refractivity contribution is 0.532. The fourth-order valence-electron chi connectivity index (χ4n) is 1.65. The lowest BCUT2D eigenvalue weighted by atomic mass is 10.1. The van der Waals surface area contributed by atoms with E-state index in [1.807, 2.05) is 19.1 Å². The van der Waals surface area contributed by atoms with E-state index in [4.69, 9.17) is 0 Å². The summed E-state index contributed by atoms with van der Waals surface area (Å²) < 4.78 is 23.5. The number of fused-ring (bicyclic) bond motifs is 1. The van der Waals surface area contributed by atoms with Crippen molar-refractivity contribution in [3.8, 4) is 0 Å². The maximum atomic E-state index is 11.0. The summed E-state index contributed by atoms with van der Waals surface area (Å²) in [5.74, 6) is 0. The minimum absolute atomic E-state index is 0.154. The molecule has 0 saturated heterocycles. The van der Waals surface area contributed by atoms with Crippen molar-refractivity contribution in [1.82, 2.24) is 9.38 Å². The molecule has 0 aromatic carbocycles. The van der Waals surface area contributed by atoms with Crippen LogP contribution in [-0.2, 0) is 11.1 Å². The van der Waals surface area contributed by atoms with E-state index in [2.05, 4.69) is 11.6 Å². The van der Waals surface area contributed by atoms with E-state index < -0.39 is 11.1 Å². The summed E-state index contributed by atoms with van der Waals surface area (Å²) in [6, 6.07) is 3.66. The molecule has 0 radical (unpaired) electrons. The van der Waals surface area contributed by atoms with Gasteiger partial charge in [0.15, 0.2) is 0 Å². The average molecular weight is 247 g/mol. The van der Waals surface area contributed by atoms with Crippen LogP contribution in [0.3, 0.4) is 0 Å². The third-order valence-electron chi connectivity index (χ3n) is 2.51. The van der Waals surface area contributed by atoms with Crippen LogP contribution >= 0.6 is 0 Å². The SMILES string of the molecule is C=CC(=CC)c1ccc2ncc(S(=O)[O-])n2c1. The first kappa shape index (κ1) is 11.8. The van der Waals surface area contributed by atoms with Crippen LogP contribution in [0.1, 0.15) is 12.5 Å². The van der Waals surface area contributed by atoms with Gasteiger partial charge in [0, 0.05) is 6.20 Å². The molecule has 2 aromatic rings. The number of imidazole rings is 1.